The van der Waals surface area contributed by atoms with Crippen LogP contribution in [0, 0.1) is 6.92 Å². The van der Waals surface area contributed by atoms with E-state index in [1.165, 1.54) is 6.08 Å². The highest BCUT2D eigenvalue weighted by atomic mass is 16.5. The predicted molar refractivity (Wildman–Crippen MR) is 124 cm³/mol. The Labute approximate surface area is 185 Å². The SMILES string of the molecule is CCN(CC)CCCC(C)N(CC(=O)Nc1cc(C)on1)C(=O)C=Cc1ccccc1. The van der Waals surface area contributed by atoms with E-state index in [9.17, 15) is 9.59 Å². The molecule has 1 unspecified atom stereocenters. The number of nitrogens with one attached hydrogen (secondary N) is 1. The Balaban J connectivity index is 2.04. The topological polar surface area (TPSA) is 78.7 Å². The van der Waals surface area contributed by atoms with Crippen LogP contribution in [-0.4, -0.2) is 59.0 Å². The molecule has 31 heavy (non-hydrogen) atoms. The van der Waals surface area contributed by atoms with E-state index < -0.39 is 0 Å². The summed E-state index contributed by atoms with van der Waals surface area (Å²) < 4.78 is 4.99. The fraction of sp³-hybridized carbons (Fsp3) is 0.458. The predicted octanol–water partition coefficient (Wildman–Crippen LogP) is 3.97. The second-order valence-corrected chi connectivity index (χ2v) is 7.60. The van der Waals surface area contributed by atoms with E-state index in [1.54, 1.807) is 24.0 Å². The van der Waals surface area contributed by atoms with Gasteiger partial charge in [-0.1, -0.05) is 49.3 Å². The molecule has 7 heteroatoms. The fourth-order valence-corrected chi connectivity index (χ4v) is 3.35. The van der Waals surface area contributed by atoms with E-state index in [0.29, 0.717) is 11.6 Å². The van der Waals surface area contributed by atoms with Gasteiger partial charge in [-0.3, -0.25) is 9.59 Å². The maximum absolute atomic E-state index is 13.0. The average Bonchev–Trinajstić information content (AvgIpc) is 3.18. The maximum atomic E-state index is 13.0. The molecule has 0 aliphatic heterocycles. The lowest BCUT2D eigenvalue weighted by atomic mass is 10.1. The molecule has 7 nitrogen and oxygen atoms in total. The van der Waals surface area contributed by atoms with Gasteiger partial charge >= 0.3 is 0 Å². The summed E-state index contributed by atoms with van der Waals surface area (Å²) in [7, 11) is 0. The lowest BCUT2D eigenvalue weighted by Crippen LogP contribution is -2.43. The highest BCUT2D eigenvalue weighted by Gasteiger charge is 2.22. The molecular weight excluding hydrogens is 392 g/mol. The number of anilines is 1. The molecule has 0 radical (unpaired) electrons. The van der Waals surface area contributed by atoms with Gasteiger partial charge in [0.05, 0.1) is 0 Å². The van der Waals surface area contributed by atoms with Crippen molar-refractivity contribution in [3.63, 3.8) is 0 Å². The zero-order valence-electron chi connectivity index (χ0n) is 19.0. The van der Waals surface area contributed by atoms with E-state index in [0.717, 1.165) is 38.0 Å². The molecule has 0 saturated heterocycles. The molecule has 1 atom stereocenters. The Hall–Kier alpha value is -2.93. The minimum Gasteiger partial charge on any atom is -0.360 e. The van der Waals surface area contributed by atoms with Crippen molar-refractivity contribution in [2.24, 2.45) is 0 Å². The molecule has 1 heterocycles. The van der Waals surface area contributed by atoms with Crippen molar-refractivity contribution >= 4 is 23.7 Å². The third kappa shape index (κ3) is 8.38. The van der Waals surface area contributed by atoms with Crippen LogP contribution < -0.4 is 5.32 Å². The molecule has 0 aliphatic carbocycles. The largest absolute Gasteiger partial charge is 0.360 e. The van der Waals surface area contributed by atoms with Crippen molar-refractivity contribution in [2.75, 3.05) is 31.5 Å². The van der Waals surface area contributed by atoms with Crippen LogP contribution in [0.25, 0.3) is 6.08 Å². The van der Waals surface area contributed by atoms with Gasteiger partial charge in [-0.2, -0.15) is 0 Å². The van der Waals surface area contributed by atoms with Crippen molar-refractivity contribution in [3.8, 4) is 0 Å². The molecule has 2 amide bonds. The zero-order chi connectivity index (χ0) is 22.6. The first-order valence-electron chi connectivity index (χ1n) is 10.9. The number of benzene rings is 1. The summed E-state index contributed by atoms with van der Waals surface area (Å²) in [6, 6.07) is 11.2. The lowest BCUT2D eigenvalue weighted by molar-refractivity contribution is -0.132. The molecule has 168 valence electrons. The zero-order valence-corrected chi connectivity index (χ0v) is 19.0. The Morgan fingerprint density at radius 3 is 2.52 bits per heavy atom. The minimum absolute atomic E-state index is 0.0453. The summed E-state index contributed by atoms with van der Waals surface area (Å²) in [5.41, 5.74) is 0.938. The lowest BCUT2D eigenvalue weighted by Gasteiger charge is -2.28. The molecule has 1 N–H and O–H groups in total. The van der Waals surface area contributed by atoms with Crippen molar-refractivity contribution in [1.29, 1.82) is 0 Å². The van der Waals surface area contributed by atoms with Crippen LogP contribution in [0.4, 0.5) is 5.82 Å². The van der Waals surface area contributed by atoms with Crippen LogP contribution in [-0.2, 0) is 9.59 Å². The highest BCUT2D eigenvalue weighted by Crippen LogP contribution is 2.12. The van der Waals surface area contributed by atoms with Crippen LogP contribution in [0.2, 0.25) is 0 Å². The number of hydrogen-bond donors (Lipinski definition) is 1. The Morgan fingerprint density at radius 2 is 1.90 bits per heavy atom. The first kappa shape index (κ1) is 24.3. The number of nitrogens with zero attached hydrogens (tertiary/aromatic N) is 3. The van der Waals surface area contributed by atoms with E-state index in [4.69, 9.17) is 4.52 Å². The van der Waals surface area contributed by atoms with Crippen molar-refractivity contribution in [2.45, 2.75) is 46.6 Å². The Kier molecular flexibility index (Phi) is 9.97. The van der Waals surface area contributed by atoms with Gasteiger partial charge in [-0.25, -0.2) is 0 Å². The van der Waals surface area contributed by atoms with Gasteiger partial charge in [0.1, 0.15) is 12.3 Å². The average molecular weight is 427 g/mol. The molecule has 2 aromatic rings. The van der Waals surface area contributed by atoms with E-state index in [-0.39, 0.29) is 24.4 Å². The summed E-state index contributed by atoms with van der Waals surface area (Å²) in [5, 5.41) is 6.49. The number of hydrogen-bond acceptors (Lipinski definition) is 5. The molecule has 1 aromatic heterocycles. The number of aromatic nitrogens is 1. The van der Waals surface area contributed by atoms with Crippen molar-refractivity contribution in [1.82, 2.24) is 15.0 Å². The maximum Gasteiger partial charge on any atom is 0.247 e. The third-order valence-corrected chi connectivity index (χ3v) is 5.23. The quantitative estimate of drug-likeness (QED) is 0.520. The highest BCUT2D eigenvalue weighted by molar-refractivity contribution is 5.97. The Morgan fingerprint density at radius 1 is 1.19 bits per heavy atom. The molecule has 0 saturated carbocycles. The van der Waals surface area contributed by atoms with Crippen LogP contribution in [0.3, 0.4) is 0 Å². The van der Waals surface area contributed by atoms with Crippen LogP contribution in [0.1, 0.15) is 44.9 Å². The van der Waals surface area contributed by atoms with Gasteiger partial charge in [0, 0.05) is 18.2 Å². The molecular formula is C24H34N4O3. The number of rotatable bonds is 12. The summed E-state index contributed by atoms with van der Waals surface area (Å²) >= 11 is 0. The van der Waals surface area contributed by atoms with E-state index >= 15 is 0 Å². The van der Waals surface area contributed by atoms with Crippen molar-refractivity contribution < 1.29 is 14.1 Å². The van der Waals surface area contributed by atoms with E-state index in [1.807, 2.05) is 37.3 Å². The van der Waals surface area contributed by atoms with Crippen LogP contribution in [0.5, 0.6) is 0 Å². The van der Waals surface area contributed by atoms with Crippen LogP contribution >= 0.6 is 0 Å². The van der Waals surface area contributed by atoms with Crippen LogP contribution in [0.15, 0.2) is 47.0 Å². The van der Waals surface area contributed by atoms with Gasteiger partial charge < -0.3 is 19.6 Å². The summed E-state index contributed by atoms with van der Waals surface area (Å²) in [6.07, 6.45) is 5.08. The smallest absolute Gasteiger partial charge is 0.247 e. The van der Waals surface area contributed by atoms with Gasteiger partial charge in [0.25, 0.3) is 0 Å². The van der Waals surface area contributed by atoms with Gasteiger partial charge in [-0.05, 0) is 58.0 Å². The minimum atomic E-state index is -0.301. The second kappa shape index (κ2) is 12.7. The summed E-state index contributed by atoms with van der Waals surface area (Å²) in [5.74, 6) is 0.471. The van der Waals surface area contributed by atoms with Gasteiger partial charge in [0.15, 0.2) is 5.82 Å². The summed E-state index contributed by atoms with van der Waals surface area (Å²) in [6.45, 7) is 11.0. The third-order valence-electron chi connectivity index (χ3n) is 5.23. The number of amides is 2. The monoisotopic (exact) mass is 426 g/mol. The van der Waals surface area contributed by atoms with Gasteiger partial charge in [0.2, 0.25) is 11.8 Å². The summed E-state index contributed by atoms with van der Waals surface area (Å²) in [4.78, 5) is 29.5. The number of aryl methyl sites for hydroxylation is 1. The first-order valence-corrected chi connectivity index (χ1v) is 10.9. The van der Waals surface area contributed by atoms with Gasteiger partial charge in [-0.15, -0.1) is 0 Å². The molecule has 2 rings (SSSR count). The molecule has 0 fully saturated rings. The van der Waals surface area contributed by atoms with Crippen molar-refractivity contribution in [3.05, 3.63) is 53.8 Å². The molecule has 1 aromatic carbocycles. The molecule has 0 spiro atoms. The number of carbonyl (C=O) groups is 2. The fourth-order valence-electron chi connectivity index (χ4n) is 3.35. The Bertz CT molecular complexity index is 844. The standard InChI is InChI=1S/C24H34N4O3/c1-5-27(6-2)16-10-11-19(3)28(18-23(29)25-22-17-20(4)31-26-22)24(30)15-14-21-12-8-7-9-13-21/h7-9,12-15,17,19H,5-6,10-11,16,18H2,1-4H3,(H,25,26,29). The molecule has 0 bridgehead atoms. The first-order chi connectivity index (χ1) is 14.9. The second-order valence-electron chi connectivity index (χ2n) is 7.60. The van der Waals surface area contributed by atoms with E-state index in [2.05, 4.69) is 29.2 Å². The number of carbonyl (C=O) groups excluding carboxylic acids is 2. The normalized spacial score (nSPS) is 12.3. The molecule has 0 aliphatic rings.